The van der Waals surface area contributed by atoms with Crippen LogP contribution in [0.25, 0.3) is 0 Å². The number of carboxylic acid groups (broad SMARTS) is 2. The zero-order valence-electron chi connectivity index (χ0n) is 42.1. The molecule has 25 heteroatoms. The predicted molar refractivity (Wildman–Crippen MR) is 270 cm³/mol. The molecule has 17 N–H and O–H groups in total. The molecule has 0 radical (unpaired) electrons. The van der Waals surface area contributed by atoms with E-state index in [0.29, 0.717) is 12.0 Å². The lowest BCUT2D eigenvalue weighted by Gasteiger charge is -2.27. The van der Waals surface area contributed by atoms with Gasteiger partial charge in [0.05, 0.1) is 24.5 Å². The lowest BCUT2D eigenvalue weighted by atomic mass is 9.94. The summed E-state index contributed by atoms with van der Waals surface area (Å²) < 4.78 is 5.81. The van der Waals surface area contributed by atoms with E-state index >= 15 is 0 Å². The number of amides is 7. The molecule has 0 bridgehead atoms. The van der Waals surface area contributed by atoms with E-state index < -0.39 is 115 Å². The SMILES string of the molecule is C/C=C1\NC(=O)CC[C@H](C(=O)O)NC(=O)[C@@H](C)C(/C=C/C(C)=C/[C@H](C)[C@H](Cc2ccccc2)OC)NC(=O)C(CCCN=C(N)N)NC(=O)CC(C(=O)O)NC(=O)[C@H](CCCN=C(N)N)NC(=O)[C@@H](C)NC1=O. The molecule has 1 fully saturated rings. The molecular weight excluding hydrogens is 951 g/mol. The maximum absolute atomic E-state index is 14.3. The standard InChI is InChI=1S/C48H73N13O12/c1-7-31-42(66)55-29(5)41(65)59-34(16-12-22-54-48(51)52)44(68)61-36(46(71)72)25-39(63)57-33(15-11-21-53-47(49)50)43(67)58-32(28(4)40(64)60-35(45(69)70)19-20-38(62)56-31)18-17-26(2)23-27(3)37(73-6)24-30-13-9-8-10-14-30/h7-10,13-14,17-18,23,27-29,32-37H,11-12,15-16,19-22,24-25H2,1-6H3,(H,55,66)(H,56,62)(H,57,63)(H,58,67)(H,59,65)(H,60,64)(H,61,68)(H,69,70)(H,71,72)(H4,49,50,53)(H4,51,52,54)/b18-17+,26-23+,31-7-/t27-,28-,29+,32?,33?,34-,35+,36?,37-/m0/s1. The van der Waals surface area contributed by atoms with Gasteiger partial charge >= 0.3 is 11.9 Å². The molecular formula is C48H73N13O12. The van der Waals surface area contributed by atoms with Gasteiger partial charge in [-0.05, 0) is 64.9 Å². The minimum atomic E-state index is -1.91. The number of benzene rings is 1. The fraction of sp³-hybridized carbons (Fsp3) is 0.521. The van der Waals surface area contributed by atoms with E-state index in [2.05, 4.69) is 47.2 Å². The summed E-state index contributed by atoms with van der Waals surface area (Å²) in [7, 11) is 1.60. The number of carbonyl (C=O) groups is 9. The fourth-order valence-electron chi connectivity index (χ4n) is 7.33. The molecule has 0 spiro atoms. The van der Waals surface area contributed by atoms with E-state index in [4.69, 9.17) is 27.7 Å². The summed E-state index contributed by atoms with van der Waals surface area (Å²) in [5.74, 6) is -11.4. The summed E-state index contributed by atoms with van der Waals surface area (Å²) in [5.41, 5.74) is 23.3. The molecule has 1 aromatic rings. The number of ether oxygens (including phenoxy) is 1. The largest absolute Gasteiger partial charge is 0.480 e. The van der Waals surface area contributed by atoms with Crippen LogP contribution in [-0.2, 0) is 54.3 Å². The number of hydrogen-bond acceptors (Lipinski definition) is 12. The maximum atomic E-state index is 14.3. The van der Waals surface area contributed by atoms with E-state index in [1.165, 1.54) is 32.9 Å². The molecule has 73 heavy (non-hydrogen) atoms. The normalized spacial score (nSPS) is 24.1. The molecule has 1 aliphatic heterocycles. The topological polar surface area (TPSA) is 416 Å². The first kappa shape index (κ1) is 61.3. The summed E-state index contributed by atoms with van der Waals surface area (Å²) >= 11 is 0. The summed E-state index contributed by atoms with van der Waals surface area (Å²) in [5, 5.41) is 37.5. The summed E-state index contributed by atoms with van der Waals surface area (Å²) in [4.78, 5) is 128. The minimum absolute atomic E-state index is 0.00238. The van der Waals surface area contributed by atoms with Crippen LogP contribution in [0.4, 0.5) is 0 Å². The van der Waals surface area contributed by atoms with Crippen LogP contribution in [-0.4, -0.2) is 138 Å². The fourth-order valence-corrected chi connectivity index (χ4v) is 7.33. The number of methoxy groups -OCH3 is 1. The van der Waals surface area contributed by atoms with Gasteiger partial charge in [-0.25, -0.2) is 9.59 Å². The van der Waals surface area contributed by atoms with Gasteiger partial charge in [0.1, 0.15) is 35.9 Å². The number of nitrogens with one attached hydrogen (secondary N) is 7. The van der Waals surface area contributed by atoms with Crippen molar-refractivity contribution in [3.05, 3.63) is 71.5 Å². The second-order valence-corrected chi connectivity index (χ2v) is 17.5. The van der Waals surface area contributed by atoms with Crippen LogP contribution in [0.15, 0.2) is 75.9 Å². The number of allylic oxidation sites excluding steroid dienone is 3. The van der Waals surface area contributed by atoms with Crippen molar-refractivity contribution in [3.8, 4) is 0 Å². The highest BCUT2D eigenvalue weighted by molar-refractivity contribution is 6.00. The molecule has 3 unspecified atom stereocenters. The molecule has 0 saturated carbocycles. The zero-order valence-corrected chi connectivity index (χ0v) is 42.1. The Bertz CT molecular complexity index is 2240. The minimum Gasteiger partial charge on any atom is -0.480 e. The first-order chi connectivity index (χ1) is 34.4. The Kier molecular flexibility index (Phi) is 26.4. The van der Waals surface area contributed by atoms with Gasteiger partial charge < -0.3 is 75.1 Å². The van der Waals surface area contributed by atoms with Crippen molar-refractivity contribution in [2.45, 2.75) is 128 Å². The second-order valence-electron chi connectivity index (χ2n) is 17.5. The summed E-state index contributed by atoms with van der Waals surface area (Å²) in [6.45, 7) is 7.86. The Morgan fingerprint density at radius 2 is 1.33 bits per heavy atom. The van der Waals surface area contributed by atoms with Crippen molar-refractivity contribution < 1.29 is 58.1 Å². The Morgan fingerprint density at radius 1 is 0.767 bits per heavy atom. The highest BCUT2D eigenvalue weighted by Gasteiger charge is 2.34. The first-order valence-electron chi connectivity index (χ1n) is 23.7. The molecule has 25 nitrogen and oxygen atoms in total. The molecule has 1 saturated heterocycles. The Morgan fingerprint density at radius 3 is 1.88 bits per heavy atom. The Hall–Kier alpha value is -7.83. The third-order valence-electron chi connectivity index (χ3n) is 11.5. The molecule has 9 atom stereocenters. The van der Waals surface area contributed by atoms with Gasteiger partial charge in [-0.15, -0.1) is 0 Å². The molecule has 0 aromatic heterocycles. The van der Waals surface area contributed by atoms with Gasteiger partial charge in [-0.1, -0.05) is 74.1 Å². The molecule has 1 heterocycles. The van der Waals surface area contributed by atoms with Crippen molar-refractivity contribution >= 4 is 65.2 Å². The van der Waals surface area contributed by atoms with Crippen LogP contribution in [0.5, 0.6) is 0 Å². The van der Waals surface area contributed by atoms with Gasteiger partial charge in [-0.2, -0.15) is 0 Å². The van der Waals surface area contributed by atoms with Crippen LogP contribution < -0.4 is 60.2 Å². The number of aliphatic carboxylic acids is 2. The number of guanidine groups is 2. The molecule has 0 aliphatic carbocycles. The van der Waals surface area contributed by atoms with Crippen LogP contribution in [0.2, 0.25) is 0 Å². The third kappa shape index (κ3) is 22.9. The van der Waals surface area contributed by atoms with Gasteiger partial charge in [-0.3, -0.25) is 43.5 Å². The van der Waals surface area contributed by atoms with Crippen molar-refractivity contribution in [2.75, 3.05) is 20.2 Å². The smallest absolute Gasteiger partial charge is 0.326 e. The van der Waals surface area contributed by atoms with Crippen molar-refractivity contribution in [2.24, 2.45) is 44.8 Å². The van der Waals surface area contributed by atoms with E-state index in [1.54, 1.807) is 20.1 Å². The Labute approximate surface area is 424 Å². The van der Waals surface area contributed by atoms with Crippen molar-refractivity contribution in [3.63, 3.8) is 0 Å². The van der Waals surface area contributed by atoms with E-state index in [0.717, 1.165) is 5.56 Å². The average Bonchev–Trinajstić information content (AvgIpc) is 3.33. The average molecular weight is 1020 g/mol. The maximum Gasteiger partial charge on any atom is 0.326 e. The number of nitrogens with two attached hydrogens (primary N) is 4. The third-order valence-corrected chi connectivity index (χ3v) is 11.5. The van der Waals surface area contributed by atoms with Gasteiger partial charge in [0.15, 0.2) is 11.9 Å². The first-order valence-corrected chi connectivity index (χ1v) is 23.7. The zero-order chi connectivity index (χ0) is 54.8. The lowest BCUT2D eigenvalue weighted by Crippen LogP contribution is -2.56. The number of carbonyl (C=O) groups excluding carboxylic acids is 7. The number of carboxylic acids is 2. The van der Waals surface area contributed by atoms with Gasteiger partial charge in [0, 0.05) is 32.5 Å². The lowest BCUT2D eigenvalue weighted by molar-refractivity contribution is -0.144. The summed E-state index contributed by atoms with van der Waals surface area (Å²) in [6.07, 6.45) is 4.77. The Balaban J connectivity index is 2.69. The predicted octanol–water partition coefficient (Wildman–Crippen LogP) is -1.57. The van der Waals surface area contributed by atoms with Crippen molar-refractivity contribution in [1.29, 1.82) is 0 Å². The summed E-state index contributed by atoms with van der Waals surface area (Å²) in [6, 6.07) is 0.758. The number of rotatable bonds is 17. The van der Waals surface area contributed by atoms with Gasteiger partial charge in [0.2, 0.25) is 35.4 Å². The van der Waals surface area contributed by atoms with E-state index in [9.17, 15) is 53.4 Å². The molecule has 1 aliphatic rings. The van der Waals surface area contributed by atoms with E-state index in [-0.39, 0.29) is 68.4 Å². The van der Waals surface area contributed by atoms with Crippen LogP contribution in [0.3, 0.4) is 0 Å². The molecule has 1 aromatic carbocycles. The number of aliphatic imine (C=N–C) groups is 2. The quantitative estimate of drug-likeness (QED) is 0.0276. The highest BCUT2D eigenvalue weighted by Crippen LogP contribution is 2.18. The van der Waals surface area contributed by atoms with Crippen LogP contribution in [0, 0.1) is 11.8 Å². The molecule has 402 valence electrons. The second kappa shape index (κ2) is 31.5. The van der Waals surface area contributed by atoms with Crippen LogP contribution >= 0.6 is 0 Å². The number of hydrogen-bond donors (Lipinski definition) is 13. The monoisotopic (exact) mass is 1020 g/mol. The number of nitrogens with zero attached hydrogens (tertiary/aromatic N) is 2. The molecule has 2 rings (SSSR count). The highest BCUT2D eigenvalue weighted by atomic mass is 16.5. The molecule has 7 amide bonds. The van der Waals surface area contributed by atoms with Crippen LogP contribution in [0.1, 0.15) is 85.1 Å². The van der Waals surface area contributed by atoms with Gasteiger partial charge in [0.25, 0.3) is 5.91 Å². The van der Waals surface area contributed by atoms with E-state index in [1.807, 2.05) is 43.3 Å². The van der Waals surface area contributed by atoms with Crippen molar-refractivity contribution in [1.82, 2.24) is 37.2 Å².